The number of carbonyl (C=O) groups is 1. The average molecular weight is 453 g/mol. The van der Waals surface area contributed by atoms with Crippen LogP contribution < -0.4 is 9.62 Å². The Bertz CT molecular complexity index is 935. The third kappa shape index (κ3) is 6.30. The molecule has 166 valence electrons. The number of hydrogen-bond donors (Lipinski definition) is 1. The molecular formula is C22H32N2O4S2. The quantitative estimate of drug-likeness (QED) is 0.388. The van der Waals surface area contributed by atoms with E-state index in [9.17, 15) is 13.2 Å². The van der Waals surface area contributed by atoms with E-state index in [1.807, 2.05) is 25.9 Å². The number of benzene rings is 1. The third-order valence-corrected chi connectivity index (χ3v) is 7.77. The van der Waals surface area contributed by atoms with Crippen LogP contribution in [0.25, 0.3) is 0 Å². The number of rotatable bonds is 11. The predicted octanol–water partition coefficient (Wildman–Crippen LogP) is 4.90. The molecule has 2 aromatic rings. The van der Waals surface area contributed by atoms with Crippen molar-refractivity contribution in [2.75, 3.05) is 26.1 Å². The van der Waals surface area contributed by atoms with Gasteiger partial charge in [0, 0.05) is 19.0 Å². The van der Waals surface area contributed by atoms with E-state index >= 15 is 0 Å². The number of anilines is 1. The molecule has 2 rings (SSSR count). The first-order valence-electron chi connectivity index (χ1n) is 10.2. The Morgan fingerprint density at radius 2 is 1.83 bits per heavy atom. The second-order valence-corrected chi connectivity index (χ2v) is 10.4. The summed E-state index contributed by atoms with van der Waals surface area (Å²) < 4.78 is 33.8. The van der Waals surface area contributed by atoms with Gasteiger partial charge in [0.25, 0.3) is 0 Å². The fourth-order valence-electron chi connectivity index (χ4n) is 3.17. The van der Waals surface area contributed by atoms with Gasteiger partial charge in [-0.1, -0.05) is 50.3 Å². The van der Waals surface area contributed by atoms with E-state index in [4.69, 9.17) is 4.74 Å². The molecule has 0 amide bonds. The van der Waals surface area contributed by atoms with Gasteiger partial charge >= 0.3 is 5.97 Å². The Labute approximate surface area is 184 Å². The molecule has 0 aliphatic carbocycles. The van der Waals surface area contributed by atoms with Crippen molar-refractivity contribution in [1.82, 2.24) is 4.72 Å². The molecule has 0 unspecified atom stereocenters. The maximum absolute atomic E-state index is 13.0. The van der Waals surface area contributed by atoms with E-state index in [1.165, 1.54) is 18.4 Å². The normalized spacial score (nSPS) is 12.6. The Morgan fingerprint density at radius 3 is 2.40 bits per heavy atom. The van der Waals surface area contributed by atoms with Crippen molar-refractivity contribution >= 4 is 32.3 Å². The first-order valence-corrected chi connectivity index (χ1v) is 12.5. The maximum atomic E-state index is 13.0. The lowest BCUT2D eigenvalue weighted by Gasteiger charge is -2.18. The highest BCUT2D eigenvalue weighted by molar-refractivity contribution is 7.89. The van der Waals surface area contributed by atoms with Crippen LogP contribution >= 0.6 is 11.3 Å². The number of thiophene rings is 1. The molecule has 1 heterocycles. The maximum Gasteiger partial charge on any atom is 0.340 e. The Balaban J connectivity index is 2.37. The zero-order valence-corrected chi connectivity index (χ0v) is 20.0. The number of aryl methyl sites for hydroxylation is 1. The lowest BCUT2D eigenvalue weighted by Crippen LogP contribution is -2.28. The number of nitrogens with one attached hydrogen (secondary N) is 1. The third-order valence-electron chi connectivity index (χ3n) is 4.86. The zero-order valence-electron chi connectivity index (χ0n) is 18.4. The lowest BCUT2D eigenvalue weighted by molar-refractivity contribution is 0.0602. The topological polar surface area (TPSA) is 75.7 Å². The summed E-state index contributed by atoms with van der Waals surface area (Å²) in [6.45, 7) is 4.06. The summed E-state index contributed by atoms with van der Waals surface area (Å²) in [6.07, 6.45) is 4.82. The molecular weight excluding hydrogens is 420 g/mol. The molecule has 1 aromatic heterocycles. The van der Waals surface area contributed by atoms with Crippen LogP contribution in [0.5, 0.6) is 0 Å². The molecule has 30 heavy (non-hydrogen) atoms. The number of esters is 1. The Kier molecular flexibility index (Phi) is 8.88. The van der Waals surface area contributed by atoms with Crippen LogP contribution in [0.1, 0.15) is 65.9 Å². The molecule has 1 aromatic carbocycles. The van der Waals surface area contributed by atoms with Crippen LogP contribution in [0.3, 0.4) is 0 Å². The molecule has 0 bridgehead atoms. The second-order valence-electron chi connectivity index (χ2n) is 7.59. The van der Waals surface area contributed by atoms with Gasteiger partial charge in [-0.3, -0.25) is 0 Å². The number of carbonyl (C=O) groups excluding carboxylic acids is 1. The SMILES string of the molecule is CCCCCC[C@@H](NS(=O)(=O)c1ccc(C)cc1)c1cc(C(=O)OC)c(N(C)C)s1. The highest BCUT2D eigenvalue weighted by Gasteiger charge is 2.26. The van der Waals surface area contributed by atoms with Crippen LogP contribution in [0.15, 0.2) is 35.2 Å². The highest BCUT2D eigenvalue weighted by Crippen LogP contribution is 2.37. The van der Waals surface area contributed by atoms with Crippen molar-refractivity contribution in [2.45, 2.75) is 56.9 Å². The predicted molar refractivity (Wildman–Crippen MR) is 123 cm³/mol. The molecule has 6 nitrogen and oxygen atoms in total. The fourth-order valence-corrected chi connectivity index (χ4v) is 5.65. The molecule has 1 N–H and O–H groups in total. The summed E-state index contributed by atoms with van der Waals surface area (Å²) in [5, 5.41) is 0.755. The molecule has 0 aliphatic heterocycles. The van der Waals surface area contributed by atoms with Crippen molar-refractivity contribution in [3.8, 4) is 0 Å². The highest BCUT2D eigenvalue weighted by atomic mass is 32.2. The van der Waals surface area contributed by atoms with Gasteiger partial charge in [-0.2, -0.15) is 0 Å². The van der Waals surface area contributed by atoms with E-state index in [0.717, 1.165) is 41.1 Å². The summed E-state index contributed by atoms with van der Waals surface area (Å²) in [4.78, 5) is 15.1. The van der Waals surface area contributed by atoms with Gasteiger partial charge in [-0.25, -0.2) is 17.9 Å². The molecule has 0 saturated carbocycles. The Morgan fingerprint density at radius 1 is 1.17 bits per heavy atom. The number of sulfonamides is 1. The summed E-state index contributed by atoms with van der Waals surface area (Å²) in [5.74, 6) is -0.424. The van der Waals surface area contributed by atoms with Gasteiger partial charge in [0.05, 0.1) is 23.6 Å². The summed E-state index contributed by atoms with van der Waals surface area (Å²) in [5.41, 5.74) is 1.46. The van der Waals surface area contributed by atoms with E-state index in [2.05, 4.69) is 11.6 Å². The van der Waals surface area contributed by atoms with Gasteiger partial charge in [0.2, 0.25) is 10.0 Å². The zero-order chi connectivity index (χ0) is 22.3. The first-order chi connectivity index (χ1) is 14.2. The molecule has 0 aliphatic rings. The number of nitrogens with zero attached hydrogens (tertiary/aromatic N) is 1. The minimum absolute atomic E-state index is 0.240. The van der Waals surface area contributed by atoms with Crippen LogP contribution in [-0.2, 0) is 14.8 Å². The monoisotopic (exact) mass is 452 g/mol. The number of hydrogen-bond acceptors (Lipinski definition) is 6. The van der Waals surface area contributed by atoms with Crippen LogP contribution in [0.2, 0.25) is 0 Å². The van der Waals surface area contributed by atoms with Crippen molar-refractivity contribution in [3.05, 3.63) is 46.3 Å². The fraction of sp³-hybridized carbons (Fsp3) is 0.500. The average Bonchev–Trinajstić information content (AvgIpc) is 3.16. The van der Waals surface area contributed by atoms with E-state index in [1.54, 1.807) is 30.3 Å². The second kappa shape index (κ2) is 10.9. The lowest BCUT2D eigenvalue weighted by atomic mass is 10.1. The van der Waals surface area contributed by atoms with Gasteiger partial charge in [-0.05, 0) is 31.5 Å². The summed E-state index contributed by atoms with van der Waals surface area (Å²) in [6, 6.07) is 8.16. The van der Waals surface area contributed by atoms with Gasteiger partial charge in [0.15, 0.2) is 0 Å². The van der Waals surface area contributed by atoms with Crippen LogP contribution in [-0.4, -0.2) is 35.6 Å². The van der Waals surface area contributed by atoms with Gasteiger partial charge in [0.1, 0.15) is 5.00 Å². The first kappa shape index (κ1) is 24.4. The molecule has 0 saturated heterocycles. The number of ether oxygens (including phenoxy) is 1. The van der Waals surface area contributed by atoms with Crippen LogP contribution in [0, 0.1) is 6.92 Å². The van der Waals surface area contributed by atoms with Crippen LogP contribution in [0.4, 0.5) is 5.00 Å². The van der Waals surface area contributed by atoms with Gasteiger partial charge < -0.3 is 9.64 Å². The van der Waals surface area contributed by atoms with Crippen molar-refractivity contribution < 1.29 is 17.9 Å². The molecule has 0 radical (unpaired) electrons. The molecule has 0 spiro atoms. The van der Waals surface area contributed by atoms with Crippen molar-refractivity contribution in [3.63, 3.8) is 0 Å². The summed E-state index contributed by atoms with van der Waals surface area (Å²) in [7, 11) is 1.37. The number of unbranched alkanes of at least 4 members (excludes halogenated alkanes) is 3. The number of methoxy groups -OCH3 is 1. The molecule has 8 heteroatoms. The van der Waals surface area contributed by atoms with E-state index in [0.29, 0.717) is 12.0 Å². The van der Waals surface area contributed by atoms with Crippen molar-refractivity contribution in [2.24, 2.45) is 0 Å². The van der Waals surface area contributed by atoms with E-state index < -0.39 is 22.0 Å². The summed E-state index contributed by atoms with van der Waals surface area (Å²) >= 11 is 1.42. The largest absolute Gasteiger partial charge is 0.465 e. The molecule has 0 fully saturated rings. The standard InChI is InChI=1S/C22H32N2O4S2/c1-6-7-8-9-10-19(23-30(26,27)17-13-11-16(2)12-14-17)20-15-18(22(25)28-5)21(29-20)24(3)4/h11-15,19,23H,6-10H2,1-5H3/t19-/m1/s1. The minimum atomic E-state index is -3.69. The van der Waals surface area contributed by atoms with Crippen molar-refractivity contribution in [1.29, 1.82) is 0 Å². The minimum Gasteiger partial charge on any atom is -0.465 e. The Hall–Kier alpha value is -1.90. The molecule has 1 atom stereocenters. The van der Waals surface area contributed by atoms with Gasteiger partial charge in [-0.15, -0.1) is 11.3 Å². The van der Waals surface area contributed by atoms with E-state index in [-0.39, 0.29) is 4.90 Å². The smallest absolute Gasteiger partial charge is 0.340 e.